The van der Waals surface area contributed by atoms with E-state index in [1.807, 2.05) is 38.1 Å². The number of carbonyl (C=O) groups is 1. The van der Waals surface area contributed by atoms with E-state index in [1.54, 1.807) is 24.3 Å². The highest BCUT2D eigenvalue weighted by Gasteiger charge is 2.31. The van der Waals surface area contributed by atoms with Gasteiger partial charge in [-0.05, 0) is 25.0 Å². The number of rotatable bonds is 5. The molecule has 2 rings (SSSR count). The van der Waals surface area contributed by atoms with Crippen LogP contribution in [0.2, 0.25) is 0 Å². The van der Waals surface area contributed by atoms with E-state index in [0.717, 1.165) is 11.1 Å². The van der Waals surface area contributed by atoms with Gasteiger partial charge in [0, 0.05) is 0 Å². The molecule has 4 nitrogen and oxygen atoms in total. The molecule has 0 aliphatic rings. The molecule has 0 amide bonds. The molecule has 0 aromatic heterocycles. The predicted molar refractivity (Wildman–Crippen MR) is 85.6 cm³/mol. The Morgan fingerprint density at radius 3 is 1.59 bits per heavy atom. The van der Waals surface area contributed by atoms with Gasteiger partial charge in [-0.25, -0.2) is 8.42 Å². The van der Waals surface area contributed by atoms with E-state index in [2.05, 4.69) is 0 Å². The van der Waals surface area contributed by atoms with Crippen molar-refractivity contribution in [3.05, 3.63) is 70.8 Å². The van der Waals surface area contributed by atoms with Crippen molar-refractivity contribution in [2.45, 2.75) is 19.1 Å². The van der Waals surface area contributed by atoms with Crippen LogP contribution in [0.5, 0.6) is 0 Å². The van der Waals surface area contributed by atoms with Gasteiger partial charge in [0.05, 0.1) is 0 Å². The fourth-order valence-electron chi connectivity index (χ4n) is 2.35. The Bertz CT molecular complexity index is 714. The lowest BCUT2D eigenvalue weighted by molar-refractivity contribution is -0.134. The highest BCUT2D eigenvalue weighted by Crippen LogP contribution is 2.31. The van der Waals surface area contributed by atoms with Crippen molar-refractivity contribution in [3.8, 4) is 0 Å². The van der Waals surface area contributed by atoms with Gasteiger partial charge in [0.25, 0.3) is 0 Å². The Morgan fingerprint density at radius 1 is 0.909 bits per heavy atom. The first-order valence-corrected chi connectivity index (χ1v) is 8.57. The molecule has 0 heterocycles. The molecule has 0 radical (unpaired) electrons. The highest BCUT2D eigenvalue weighted by atomic mass is 32.2. The van der Waals surface area contributed by atoms with Crippen LogP contribution in [0.15, 0.2) is 48.5 Å². The van der Waals surface area contributed by atoms with E-state index >= 15 is 0 Å². The summed E-state index contributed by atoms with van der Waals surface area (Å²) in [4.78, 5) is 10.9. The molecule has 2 aromatic rings. The van der Waals surface area contributed by atoms with Gasteiger partial charge >= 0.3 is 5.97 Å². The van der Waals surface area contributed by atoms with Gasteiger partial charge in [0.2, 0.25) is 0 Å². The molecule has 0 spiro atoms. The van der Waals surface area contributed by atoms with Crippen molar-refractivity contribution < 1.29 is 18.3 Å². The summed E-state index contributed by atoms with van der Waals surface area (Å²) in [5.74, 6) is -2.23. The van der Waals surface area contributed by atoms with Crippen molar-refractivity contribution >= 4 is 15.8 Å². The molecule has 0 aliphatic carbocycles. The van der Waals surface area contributed by atoms with Crippen molar-refractivity contribution in [1.82, 2.24) is 0 Å². The average Bonchev–Trinajstić information content (AvgIpc) is 2.42. The van der Waals surface area contributed by atoms with Crippen LogP contribution in [0.3, 0.4) is 0 Å². The summed E-state index contributed by atoms with van der Waals surface area (Å²) in [6, 6.07) is 14.2. The number of benzene rings is 2. The smallest absolute Gasteiger partial charge is 0.318 e. The maximum Gasteiger partial charge on any atom is 0.318 e. The van der Waals surface area contributed by atoms with Crippen LogP contribution in [0, 0.1) is 13.8 Å². The Kier molecular flexibility index (Phi) is 4.66. The molecule has 5 heteroatoms. The predicted octanol–water partition coefficient (Wildman–Crippen LogP) is 2.89. The zero-order valence-corrected chi connectivity index (χ0v) is 13.3. The molecule has 116 valence electrons. The summed E-state index contributed by atoms with van der Waals surface area (Å²) in [6.07, 6.45) is 0. The summed E-state index contributed by atoms with van der Waals surface area (Å²) >= 11 is 0. The second-order valence-corrected chi connectivity index (χ2v) is 7.49. The number of hydrogen-bond donors (Lipinski definition) is 1. The second kappa shape index (κ2) is 6.32. The van der Waals surface area contributed by atoms with Gasteiger partial charge in [-0.15, -0.1) is 0 Å². The molecule has 0 fully saturated rings. The average molecular weight is 318 g/mol. The van der Waals surface area contributed by atoms with Gasteiger partial charge in [-0.3, -0.25) is 4.79 Å². The third kappa shape index (κ3) is 3.74. The zero-order chi connectivity index (χ0) is 16.3. The van der Waals surface area contributed by atoms with Crippen molar-refractivity contribution in [2.24, 2.45) is 0 Å². The Hall–Kier alpha value is -2.14. The fraction of sp³-hybridized carbons (Fsp3) is 0.235. The summed E-state index contributed by atoms with van der Waals surface area (Å²) in [5.41, 5.74) is 3.19. The number of aliphatic carboxylic acids is 1. The standard InChI is InChI=1S/C17H18O4S/c1-12-3-7-14(8-4-12)17(22(20,21)11-16(18)19)15-9-5-13(2)6-10-15/h3-10,17H,11H2,1-2H3,(H,18,19). The van der Waals surface area contributed by atoms with Gasteiger partial charge < -0.3 is 5.11 Å². The van der Waals surface area contributed by atoms with Gasteiger partial charge in [0.1, 0.15) is 11.0 Å². The summed E-state index contributed by atoms with van der Waals surface area (Å²) < 4.78 is 25.1. The van der Waals surface area contributed by atoms with E-state index in [0.29, 0.717) is 11.1 Å². The summed E-state index contributed by atoms with van der Waals surface area (Å²) in [7, 11) is -3.85. The third-order valence-corrected chi connectivity index (χ3v) is 5.36. The van der Waals surface area contributed by atoms with Crippen LogP contribution >= 0.6 is 0 Å². The van der Waals surface area contributed by atoms with Crippen LogP contribution < -0.4 is 0 Å². The fourth-order valence-corrected chi connectivity index (χ4v) is 4.00. The van der Waals surface area contributed by atoms with E-state index < -0.39 is 26.8 Å². The first kappa shape index (κ1) is 16.2. The molecule has 0 saturated heterocycles. The van der Waals surface area contributed by atoms with Gasteiger partial charge in [0.15, 0.2) is 9.84 Å². The second-order valence-electron chi connectivity index (χ2n) is 5.40. The van der Waals surface area contributed by atoms with Gasteiger partial charge in [-0.2, -0.15) is 0 Å². The van der Waals surface area contributed by atoms with E-state index in [4.69, 9.17) is 5.11 Å². The molecule has 0 aliphatic heterocycles. The monoisotopic (exact) mass is 318 g/mol. The van der Waals surface area contributed by atoms with E-state index in [9.17, 15) is 13.2 Å². The minimum absolute atomic E-state index is 0.579. The Labute approximate surface area is 130 Å². The number of hydrogen-bond acceptors (Lipinski definition) is 3. The largest absolute Gasteiger partial charge is 0.480 e. The molecule has 0 atom stereocenters. The van der Waals surface area contributed by atoms with Gasteiger partial charge in [-0.1, -0.05) is 59.7 Å². The highest BCUT2D eigenvalue weighted by molar-refractivity contribution is 7.92. The minimum atomic E-state index is -3.85. The molecular formula is C17H18O4S. The van der Waals surface area contributed by atoms with Crippen LogP contribution in [-0.4, -0.2) is 25.2 Å². The lowest BCUT2D eigenvalue weighted by atomic mass is 10.0. The normalized spacial score (nSPS) is 11.6. The van der Waals surface area contributed by atoms with Crippen LogP contribution in [0.25, 0.3) is 0 Å². The van der Waals surface area contributed by atoms with Crippen molar-refractivity contribution in [1.29, 1.82) is 0 Å². The quantitative estimate of drug-likeness (QED) is 0.920. The summed E-state index contributed by atoms with van der Waals surface area (Å²) in [5, 5.41) is 7.93. The van der Waals surface area contributed by atoms with Crippen LogP contribution in [0.4, 0.5) is 0 Å². The molecular weight excluding hydrogens is 300 g/mol. The zero-order valence-electron chi connectivity index (χ0n) is 12.5. The molecule has 0 unspecified atom stereocenters. The molecule has 2 aromatic carbocycles. The third-order valence-electron chi connectivity index (χ3n) is 3.44. The lowest BCUT2D eigenvalue weighted by Crippen LogP contribution is -2.23. The van der Waals surface area contributed by atoms with Crippen molar-refractivity contribution in [3.63, 3.8) is 0 Å². The van der Waals surface area contributed by atoms with E-state index in [1.165, 1.54) is 0 Å². The maximum absolute atomic E-state index is 12.5. The van der Waals surface area contributed by atoms with Crippen molar-refractivity contribution in [2.75, 3.05) is 5.75 Å². The van der Waals surface area contributed by atoms with Crippen LogP contribution in [0.1, 0.15) is 27.5 Å². The topological polar surface area (TPSA) is 71.4 Å². The molecule has 22 heavy (non-hydrogen) atoms. The number of carboxylic acids is 1. The first-order chi connectivity index (χ1) is 10.3. The number of sulfone groups is 1. The molecule has 1 N–H and O–H groups in total. The summed E-state index contributed by atoms with van der Waals surface area (Å²) in [6.45, 7) is 3.83. The Morgan fingerprint density at radius 2 is 1.27 bits per heavy atom. The minimum Gasteiger partial charge on any atom is -0.480 e. The Balaban J connectivity index is 2.56. The number of carboxylic acid groups (broad SMARTS) is 1. The first-order valence-electron chi connectivity index (χ1n) is 6.86. The van der Waals surface area contributed by atoms with E-state index in [-0.39, 0.29) is 0 Å². The molecule has 0 bridgehead atoms. The molecule has 0 saturated carbocycles. The number of aryl methyl sites for hydroxylation is 2. The SMILES string of the molecule is Cc1ccc(C(c2ccc(C)cc2)S(=O)(=O)CC(=O)O)cc1. The maximum atomic E-state index is 12.5. The lowest BCUT2D eigenvalue weighted by Gasteiger charge is -2.18. The van der Waals surface area contributed by atoms with Crippen LogP contribution in [-0.2, 0) is 14.6 Å².